The number of carbonyl (C=O) groups excluding carboxylic acids is 1. The zero-order chi connectivity index (χ0) is 13.8. The summed E-state index contributed by atoms with van der Waals surface area (Å²) in [5.74, 6) is 0.104. The largest absolute Gasteiger partial charge is 0.374 e. The first-order chi connectivity index (χ1) is 9.06. The van der Waals surface area contributed by atoms with Crippen LogP contribution in [-0.4, -0.2) is 18.0 Å². The zero-order valence-electron chi connectivity index (χ0n) is 12.1. The van der Waals surface area contributed by atoms with Gasteiger partial charge in [-0.3, -0.25) is 4.79 Å². The van der Waals surface area contributed by atoms with E-state index in [1.807, 2.05) is 13.0 Å². The number of hydrogen-bond acceptors (Lipinski definition) is 2. The average Bonchev–Trinajstić information content (AvgIpc) is 2.85. The van der Waals surface area contributed by atoms with Crippen molar-refractivity contribution >= 4 is 11.6 Å². The van der Waals surface area contributed by atoms with Crippen LogP contribution in [0.15, 0.2) is 18.2 Å². The molecule has 0 aliphatic heterocycles. The van der Waals surface area contributed by atoms with Gasteiger partial charge in [-0.2, -0.15) is 0 Å². The molecule has 0 spiro atoms. The minimum absolute atomic E-state index is 0.104. The molecule has 1 aliphatic rings. The highest BCUT2D eigenvalue weighted by Gasteiger charge is 2.20. The van der Waals surface area contributed by atoms with Crippen LogP contribution in [0.1, 0.15) is 43.7 Å². The summed E-state index contributed by atoms with van der Waals surface area (Å²) in [5, 5.41) is 6.43. The molecule has 0 bridgehead atoms. The molecule has 104 valence electrons. The molecular formula is C16H24N2O. The maximum absolute atomic E-state index is 12.1. The molecule has 3 nitrogen and oxygen atoms in total. The maximum Gasteiger partial charge on any atom is 0.242 e. The van der Waals surface area contributed by atoms with Gasteiger partial charge in [0.15, 0.2) is 0 Å². The molecule has 0 heterocycles. The Morgan fingerprint density at radius 3 is 2.58 bits per heavy atom. The standard InChI is InChI=1S/C16H24N2O/c1-11-8-9-15(12(2)10-11)17-13(3)16(19)18-14-6-4-5-7-14/h8-10,13-14,17H,4-7H2,1-3H3,(H,18,19). The quantitative estimate of drug-likeness (QED) is 0.873. The van der Waals surface area contributed by atoms with Crippen molar-refractivity contribution in [2.24, 2.45) is 0 Å². The molecule has 3 heteroatoms. The summed E-state index contributed by atoms with van der Waals surface area (Å²) >= 11 is 0. The van der Waals surface area contributed by atoms with Gasteiger partial charge in [-0.25, -0.2) is 0 Å². The van der Waals surface area contributed by atoms with Gasteiger partial charge in [0.05, 0.1) is 0 Å². The van der Waals surface area contributed by atoms with Gasteiger partial charge in [-0.15, -0.1) is 0 Å². The fourth-order valence-corrected chi connectivity index (χ4v) is 2.67. The van der Waals surface area contributed by atoms with Gasteiger partial charge in [-0.1, -0.05) is 30.5 Å². The number of nitrogens with one attached hydrogen (secondary N) is 2. The second kappa shape index (κ2) is 6.09. The van der Waals surface area contributed by atoms with E-state index in [9.17, 15) is 4.79 Å². The lowest BCUT2D eigenvalue weighted by molar-refractivity contribution is -0.122. The maximum atomic E-state index is 12.1. The first kappa shape index (κ1) is 13.9. The minimum atomic E-state index is -0.193. The van der Waals surface area contributed by atoms with E-state index >= 15 is 0 Å². The van der Waals surface area contributed by atoms with Crippen molar-refractivity contribution in [2.45, 2.75) is 58.5 Å². The second-order valence-electron chi connectivity index (χ2n) is 5.67. The van der Waals surface area contributed by atoms with Gasteiger partial charge in [0.1, 0.15) is 6.04 Å². The molecule has 0 aromatic heterocycles. The number of benzene rings is 1. The van der Waals surface area contributed by atoms with Gasteiger partial charge in [0, 0.05) is 11.7 Å². The predicted molar refractivity (Wildman–Crippen MR) is 79.4 cm³/mol. The lowest BCUT2D eigenvalue weighted by atomic mass is 10.1. The monoisotopic (exact) mass is 260 g/mol. The molecule has 1 aromatic rings. The van der Waals surface area contributed by atoms with Crippen molar-refractivity contribution in [2.75, 3.05) is 5.32 Å². The fourth-order valence-electron chi connectivity index (χ4n) is 2.67. The SMILES string of the molecule is Cc1ccc(NC(C)C(=O)NC2CCCC2)c(C)c1. The third kappa shape index (κ3) is 3.72. The normalized spacial score (nSPS) is 17.2. The molecule has 19 heavy (non-hydrogen) atoms. The summed E-state index contributed by atoms with van der Waals surface area (Å²) in [7, 11) is 0. The van der Waals surface area contributed by atoms with Crippen LogP contribution >= 0.6 is 0 Å². The van der Waals surface area contributed by atoms with Gasteiger partial charge >= 0.3 is 0 Å². The van der Waals surface area contributed by atoms with Crippen LogP contribution in [0.2, 0.25) is 0 Å². The van der Waals surface area contributed by atoms with E-state index in [1.165, 1.54) is 24.0 Å². The number of anilines is 1. The molecule has 2 N–H and O–H groups in total. The molecule has 1 aromatic carbocycles. The van der Waals surface area contributed by atoms with Crippen LogP contribution in [-0.2, 0) is 4.79 Å². The molecule has 1 fully saturated rings. The third-order valence-corrected chi connectivity index (χ3v) is 3.85. The van der Waals surface area contributed by atoms with Crippen molar-refractivity contribution < 1.29 is 4.79 Å². The summed E-state index contributed by atoms with van der Waals surface area (Å²) in [6.45, 7) is 6.06. The van der Waals surface area contributed by atoms with E-state index in [0.717, 1.165) is 18.5 Å². The number of rotatable bonds is 4. The Morgan fingerprint density at radius 1 is 1.26 bits per heavy atom. The number of amides is 1. The van der Waals surface area contributed by atoms with E-state index in [2.05, 4.69) is 36.6 Å². The highest BCUT2D eigenvalue weighted by atomic mass is 16.2. The Bertz CT molecular complexity index is 450. The van der Waals surface area contributed by atoms with Crippen molar-refractivity contribution in [1.29, 1.82) is 0 Å². The van der Waals surface area contributed by atoms with E-state index < -0.39 is 0 Å². The molecular weight excluding hydrogens is 236 g/mol. The third-order valence-electron chi connectivity index (χ3n) is 3.85. The Hall–Kier alpha value is -1.51. The number of carbonyl (C=O) groups is 1. The van der Waals surface area contributed by atoms with Crippen LogP contribution in [0.25, 0.3) is 0 Å². The topological polar surface area (TPSA) is 41.1 Å². The lowest BCUT2D eigenvalue weighted by Gasteiger charge is -2.19. The molecule has 1 saturated carbocycles. The highest BCUT2D eigenvalue weighted by Crippen LogP contribution is 2.19. The van der Waals surface area contributed by atoms with Gasteiger partial charge in [0.25, 0.3) is 0 Å². The Morgan fingerprint density at radius 2 is 1.95 bits per heavy atom. The van der Waals surface area contributed by atoms with Gasteiger partial charge < -0.3 is 10.6 Å². The Labute approximate surface area is 115 Å². The Balaban J connectivity index is 1.92. The van der Waals surface area contributed by atoms with Crippen LogP contribution in [0.4, 0.5) is 5.69 Å². The molecule has 1 aliphatic carbocycles. The summed E-state index contributed by atoms with van der Waals surface area (Å²) in [4.78, 5) is 12.1. The molecule has 0 radical (unpaired) electrons. The second-order valence-corrected chi connectivity index (χ2v) is 5.67. The highest BCUT2D eigenvalue weighted by molar-refractivity contribution is 5.84. The van der Waals surface area contributed by atoms with Crippen LogP contribution in [0.3, 0.4) is 0 Å². The lowest BCUT2D eigenvalue weighted by Crippen LogP contribution is -2.42. The summed E-state index contributed by atoms with van der Waals surface area (Å²) in [6, 6.07) is 6.43. The summed E-state index contributed by atoms with van der Waals surface area (Å²) in [5.41, 5.74) is 3.46. The smallest absolute Gasteiger partial charge is 0.242 e. The number of aryl methyl sites for hydroxylation is 2. The van der Waals surface area contributed by atoms with E-state index in [1.54, 1.807) is 0 Å². The van der Waals surface area contributed by atoms with Crippen molar-refractivity contribution in [1.82, 2.24) is 5.32 Å². The van der Waals surface area contributed by atoms with E-state index in [4.69, 9.17) is 0 Å². The predicted octanol–water partition coefficient (Wildman–Crippen LogP) is 3.16. The van der Waals surface area contributed by atoms with Crippen LogP contribution in [0, 0.1) is 13.8 Å². The molecule has 1 amide bonds. The average molecular weight is 260 g/mol. The molecule has 1 unspecified atom stereocenters. The van der Waals surface area contributed by atoms with Gasteiger partial charge in [0.2, 0.25) is 5.91 Å². The van der Waals surface area contributed by atoms with E-state index in [-0.39, 0.29) is 11.9 Å². The van der Waals surface area contributed by atoms with Gasteiger partial charge in [-0.05, 0) is 45.2 Å². The first-order valence-corrected chi connectivity index (χ1v) is 7.20. The minimum Gasteiger partial charge on any atom is -0.374 e. The molecule has 2 rings (SSSR count). The van der Waals surface area contributed by atoms with Crippen molar-refractivity contribution in [3.63, 3.8) is 0 Å². The summed E-state index contributed by atoms with van der Waals surface area (Å²) < 4.78 is 0. The Kier molecular flexibility index (Phi) is 4.46. The van der Waals surface area contributed by atoms with Crippen LogP contribution < -0.4 is 10.6 Å². The fraction of sp³-hybridized carbons (Fsp3) is 0.562. The van der Waals surface area contributed by atoms with Crippen LogP contribution in [0.5, 0.6) is 0 Å². The molecule has 1 atom stereocenters. The number of hydrogen-bond donors (Lipinski definition) is 2. The zero-order valence-corrected chi connectivity index (χ0v) is 12.1. The van der Waals surface area contributed by atoms with Crippen molar-refractivity contribution in [3.8, 4) is 0 Å². The molecule has 0 saturated heterocycles. The van der Waals surface area contributed by atoms with E-state index in [0.29, 0.717) is 6.04 Å². The first-order valence-electron chi connectivity index (χ1n) is 7.20. The van der Waals surface area contributed by atoms with Crippen molar-refractivity contribution in [3.05, 3.63) is 29.3 Å². The summed E-state index contributed by atoms with van der Waals surface area (Å²) in [6.07, 6.45) is 4.73.